The van der Waals surface area contributed by atoms with Crippen molar-refractivity contribution in [3.63, 3.8) is 0 Å². The summed E-state index contributed by atoms with van der Waals surface area (Å²) in [5.74, 6) is 3.84. The molecule has 4 fully saturated rings. The van der Waals surface area contributed by atoms with Gasteiger partial charge < -0.3 is 4.74 Å². The number of carbonyl (C=O) groups is 1. The van der Waals surface area contributed by atoms with Crippen LogP contribution < -0.4 is 0 Å². The number of methoxy groups -OCH3 is 1. The van der Waals surface area contributed by atoms with E-state index in [1.807, 2.05) is 7.11 Å². The first-order valence-electron chi connectivity index (χ1n) is 9.53. The maximum Gasteiger partial charge on any atom is 0.133 e. The highest BCUT2D eigenvalue weighted by atomic mass is 16.5. The highest BCUT2D eigenvalue weighted by Crippen LogP contribution is 2.66. The molecule has 0 radical (unpaired) electrons. The second kappa shape index (κ2) is 5.06. The molecule has 0 amide bonds. The van der Waals surface area contributed by atoms with Crippen molar-refractivity contribution in [1.82, 2.24) is 0 Å². The fourth-order valence-corrected chi connectivity index (χ4v) is 7.38. The number of hydrogen-bond donors (Lipinski definition) is 0. The Kier molecular flexibility index (Phi) is 3.49. The van der Waals surface area contributed by atoms with Gasteiger partial charge in [-0.25, -0.2) is 0 Å². The first-order chi connectivity index (χ1) is 10.5. The van der Waals surface area contributed by atoms with Gasteiger partial charge in [-0.1, -0.05) is 13.8 Å². The molecular formula is C20H32O2. The van der Waals surface area contributed by atoms with Crippen LogP contribution in [0.5, 0.6) is 0 Å². The minimum atomic E-state index is 0.420. The molecule has 0 N–H and O–H groups in total. The lowest BCUT2D eigenvalue weighted by atomic mass is 9.45. The minimum absolute atomic E-state index is 0.420. The summed E-state index contributed by atoms with van der Waals surface area (Å²) < 4.78 is 5.86. The van der Waals surface area contributed by atoms with Crippen LogP contribution in [0.25, 0.3) is 0 Å². The van der Waals surface area contributed by atoms with E-state index in [4.69, 9.17) is 4.74 Å². The van der Waals surface area contributed by atoms with E-state index in [0.717, 1.165) is 37.0 Å². The first-order valence-corrected chi connectivity index (χ1v) is 9.53. The first kappa shape index (κ1) is 15.2. The zero-order valence-corrected chi connectivity index (χ0v) is 14.6. The van der Waals surface area contributed by atoms with Crippen LogP contribution in [-0.2, 0) is 9.53 Å². The summed E-state index contributed by atoms with van der Waals surface area (Å²) in [6.45, 7) is 5.04. The van der Waals surface area contributed by atoms with Gasteiger partial charge in [0.1, 0.15) is 5.78 Å². The molecule has 0 aliphatic heterocycles. The lowest BCUT2D eigenvalue weighted by Crippen LogP contribution is -2.54. The Morgan fingerprint density at radius 3 is 2.50 bits per heavy atom. The Labute approximate surface area is 135 Å². The van der Waals surface area contributed by atoms with Crippen LogP contribution in [0.3, 0.4) is 0 Å². The van der Waals surface area contributed by atoms with Crippen molar-refractivity contribution in [2.24, 2.45) is 34.5 Å². The van der Waals surface area contributed by atoms with Gasteiger partial charge in [0.15, 0.2) is 0 Å². The molecule has 4 rings (SSSR count). The van der Waals surface area contributed by atoms with Crippen LogP contribution in [-0.4, -0.2) is 19.0 Å². The van der Waals surface area contributed by atoms with Gasteiger partial charge >= 0.3 is 0 Å². The molecular weight excluding hydrogens is 272 g/mol. The molecule has 0 spiro atoms. The second-order valence-corrected chi connectivity index (χ2v) is 9.25. The molecule has 4 saturated carbocycles. The maximum absolute atomic E-state index is 11.9. The van der Waals surface area contributed by atoms with E-state index in [0.29, 0.717) is 28.6 Å². The second-order valence-electron chi connectivity index (χ2n) is 9.25. The highest BCUT2D eigenvalue weighted by molar-refractivity contribution is 5.79. The monoisotopic (exact) mass is 304 g/mol. The molecule has 2 heteroatoms. The largest absolute Gasteiger partial charge is 0.381 e. The summed E-state index contributed by atoms with van der Waals surface area (Å²) in [4.78, 5) is 11.9. The van der Waals surface area contributed by atoms with Crippen molar-refractivity contribution in [2.75, 3.05) is 7.11 Å². The summed E-state index contributed by atoms with van der Waals surface area (Å²) >= 11 is 0. The van der Waals surface area contributed by atoms with E-state index in [-0.39, 0.29) is 0 Å². The van der Waals surface area contributed by atoms with Crippen LogP contribution in [0.1, 0.15) is 71.6 Å². The summed E-state index contributed by atoms with van der Waals surface area (Å²) in [6, 6.07) is 0. The summed E-state index contributed by atoms with van der Waals surface area (Å²) in [5.41, 5.74) is 0.868. The van der Waals surface area contributed by atoms with Crippen LogP contribution in [0, 0.1) is 34.5 Å². The molecule has 0 heterocycles. The Morgan fingerprint density at radius 1 is 0.955 bits per heavy atom. The lowest BCUT2D eigenvalue weighted by Gasteiger charge is -2.60. The van der Waals surface area contributed by atoms with Gasteiger partial charge in [-0.05, 0) is 79.4 Å². The van der Waals surface area contributed by atoms with Gasteiger partial charge in [-0.15, -0.1) is 0 Å². The average Bonchev–Trinajstić information content (AvgIpc) is 2.84. The van der Waals surface area contributed by atoms with Gasteiger partial charge in [0.2, 0.25) is 0 Å². The summed E-state index contributed by atoms with van der Waals surface area (Å²) in [6.07, 6.45) is 11.4. The summed E-state index contributed by atoms with van der Waals surface area (Å²) in [7, 11) is 1.91. The van der Waals surface area contributed by atoms with Gasteiger partial charge in [0.05, 0.1) is 6.10 Å². The molecule has 4 aliphatic carbocycles. The lowest BCUT2D eigenvalue weighted by molar-refractivity contribution is -0.143. The molecule has 2 nitrogen and oxygen atoms in total. The molecule has 0 bridgehead atoms. The van der Waals surface area contributed by atoms with E-state index in [2.05, 4.69) is 13.8 Å². The third kappa shape index (κ3) is 1.92. The van der Waals surface area contributed by atoms with Gasteiger partial charge in [0, 0.05) is 20.0 Å². The van der Waals surface area contributed by atoms with Gasteiger partial charge in [-0.2, -0.15) is 0 Å². The number of Topliss-reactive ketones (excluding diaryl/α,β-unsaturated/α-hetero) is 1. The standard InChI is InChI=1S/C20H32O2/c1-19-10-8-14(21)12-13(19)4-5-15-16-6-7-18(22-3)20(16,2)11-9-17(15)19/h13,15-18H,4-12H2,1-3H3/t13-,15+,16+,17+,18+,19+,20+/m1/s1. The van der Waals surface area contributed by atoms with Crippen LogP contribution in [0.15, 0.2) is 0 Å². The number of ether oxygens (including phenoxy) is 1. The minimum Gasteiger partial charge on any atom is -0.381 e. The van der Waals surface area contributed by atoms with E-state index < -0.39 is 0 Å². The zero-order chi connectivity index (χ0) is 15.5. The molecule has 124 valence electrons. The van der Waals surface area contributed by atoms with Crippen LogP contribution in [0.2, 0.25) is 0 Å². The maximum atomic E-state index is 11.9. The fourth-order valence-electron chi connectivity index (χ4n) is 7.38. The molecule has 22 heavy (non-hydrogen) atoms. The molecule has 0 aromatic heterocycles. The third-order valence-electron chi connectivity index (χ3n) is 8.68. The molecule has 7 atom stereocenters. The third-order valence-corrected chi connectivity index (χ3v) is 8.68. The number of rotatable bonds is 1. The molecule has 4 aliphatic rings. The Hall–Kier alpha value is -0.370. The van der Waals surface area contributed by atoms with Gasteiger partial charge in [-0.3, -0.25) is 4.79 Å². The number of fused-ring (bicyclic) bond motifs is 5. The number of ketones is 1. The topological polar surface area (TPSA) is 26.3 Å². The fraction of sp³-hybridized carbons (Fsp3) is 0.950. The number of carbonyl (C=O) groups excluding carboxylic acids is 1. The molecule has 0 saturated heterocycles. The Balaban J connectivity index is 1.62. The zero-order valence-electron chi connectivity index (χ0n) is 14.6. The van der Waals surface area contributed by atoms with E-state index in [1.165, 1.54) is 38.5 Å². The predicted octanol–water partition coefficient (Wildman–Crippen LogP) is 4.61. The van der Waals surface area contributed by atoms with Crippen LogP contribution in [0.4, 0.5) is 0 Å². The summed E-state index contributed by atoms with van der Waals surface area (Å²) in [5, 5.41) is 0. The normalized spacial score (nSPS) is 54.5. The quantitative estimate of drug-likeness (QED) is 0.707. The Bertz CT molecular complexity index is 472. The van der Waals surface area contributed by atoms with E-state index in [1.54, 1.807) is 0 Å². The predicted molar refractivity (Wildman–Crippen MR) is 87.5 cm³/mol. The Morgan fingerprint density at radius 2 is 1.73 bits per heavy atom. The highest BCUT2D eigenvalue weighted by Gasteiger charge is 2.60. The van der Waals surface area contributed by atoms with Crippen molar-refractivity contribution >= 4 is 5.78 Å². The van der Waals surface area contributed by atoms with Crippen molar-refractivity contribution in [3.8, 4) is 0 Å². The molecule has 0 aromatic carbocycles. The van der Waals surface area contributed by atoms with E-state index in [9.17, 15) is 4.79 Å². The van der Waals surface area contributed by atoms with Gasteiger partial charge in [0.25, 0.3) is 0 Å². The van der Waals surface area contributed by atoms with Crippen molar-refractivity contribution < 1.29 is 9.53 Å². The van der Waals surface area contributed by atoms with E-state index >= 15 is 0 Å². The van der Waals surface area contributed by atoms with Crippen molar-refractivity contribution in [3.05, 3.63) is 0 Å². The smallest absolute Gasteiger partial charge is 0.133 e. The van der Waals surface area contributed by atoms with Crippen molar-refractivity contribution in [2.45, 2.75) is 77.7 Å². The molecule has 0 aromatic rings. The van der Waals surface area contributed by atoms with Crippen LogP contribution >= 0.6 is 0 Å². The average molecular weight is 304 g/mol. The number of hydrogen-bond acceptors (Lipinski definition) is 2. The van der Waals surface area contributed by atoms with Crippen molar-refractivity contribution in [1.29, 1.82) is 0 Å². The SMILES string of the molecule is CO[C@H]1CC[C@H]2[C@@H]3CC[C@@H]4CC(=O)CC[C@]4(C)[C@H]3CC[C@]12C. The molecule has 0 unspecified atom stereocenters.